The molecule has 108 valence electrons. The second-order valence-electron chi connectivity index (χ2n) is 4.67. The second-order valence-corrected chi connectivity index (χ2v) is 4.67. The Hall–Kier alpha value is -2.38. The Labute approximate surface area is 114 Å². The molecule has 20 heavy (non-hydrogen) atoms. The maximum atomic E-state index is 12.2. The van der Waals surface area contributed by atoms with Gasteiger partial charge in [-0.3, -0.25) is 18.7 Å². The number of nitrogens with zero attached hydrogens (tertiary/aromatic N) is 4. The van der Waals surface area contributed by atoms with Crippen LogP contribution in [0, 0.1) is 6.92 Å². The SMILES string of the molecule is CC(=O)NCCn1c(=O)n(C)c(=O)c2c1nc(C)n2C. The number of nitrogens with one attached hydrogen (secondary N) is 1. The highest BCUT2D eigenvalue weighted by Crippen LogP contribution is 2.08. The van der Waals surface area contributed by atoms with Gasteiger partial charge in [0.25, 0.3) is 5.56 Å². The predicted molar refractivity (Wildman–Crippen MR) is 73.6 cm³/mol. The molecule has 2 aromatic heterocycles. The van der Waals surface area contributed by atoms with Crippen molar-refractivity contribution >= 4 is 17.1 Å². The van der Waals surface area contributed by atoms with Gasteiger partial charge in [-0.2, -0.15) is 0 Å². The number of aromatic nitrogens is 4. The lowest BCUT2D eigenvalue weighted by molar-refractivity contribution is -0.118. The van der Waals surface area contributed by atoms with Crippen LogP contribution in [0.3, 0.4) is 0 Å². The van der Waals surface area contributed by atoms with Gasteiger partial charge in [0.1, 0.15) is 5.82 Å². The van der Waals surface area contributed by atoms with E-state index in [4.69, 9.17) is 0 Å². The molecule has 8 heteroatoms. The van der Waals surface area contributed by atoms with Gasteiger partial charge in [0.05, 0.1) is 0 Å². The minimum atomic E-state index is -0.439. The Morgan fingerprint density at radius 2 is 1.90 bits per heavy atom. The Balaban J connectivity index is 2.64. The summed E-state index contributed by atoms with van der Waals surface area (Å²) in [5, 5.41) is 2.62. The van der Waals surface area contributed by atoms with Gasteiger partial charge in [0.15, 0.2) is 11.2 Å². The number of hydrogen-bond donors (Lipinski definition) is 1. The van der Waals surface area contributed by atoms with E-state index in [1.54, 1.807) is 18.5 Å². The Kier molecular flexibility index (Phi) is 3.47. The molecule has 2 aromatic rings. The number of carbonyl (C=O) groups is 1. The number of fused-ring (bicyclic) bond motifs is 1. The zero-order valence-corrected chi connectivity index (χ0v) is 11.9. The molecule has 0 unspecified atom stereocenters. The Morgan fingerprint density at radius 3 is 2.50 bits per heavy atom. The number of imidazole rings is 1. The van der Waals surface area contributed by atoms with Crippen molar-refractivity contribution in [2.24, 2.45) is 14.1 Å². The van der Waals surface area contributed by atoms with Crippen LogP contribution in [0.25, 0.3) is 11.2 Å². The molecule has 0 aliphatic carbocycles. The van der Waals surface area contributed by atoms with Crippen LogP contribution in [0.5, 0.6) is 0 Å². The summed E-state index contributed by atoms with van der Waals surface area (Å²) in [7, 11) is 3.16. The summed E-state index contributed by atoms with van der Waals surface area (Å²) in [6.45, 7) is 3.74. The van der Waals surface area contributed by atoms with E-state index in [2.05, 4.69) is 10.3 Å². The molecule has 1 N–H and O–H groups in total. The van der Waals surface area contributed by atoms with Gasteiger partial charge in [-0.25, -0.2) is 9.78 Å². The number of rotatable bonds is 3. The van der Waals surface area contributed by atoms with E-state index in [1.807, 2.05) is 0 Å². The van der Waals surface area contributed by atoms with E-state index in [1.165, 1.54) is 18.5 Å². The van der Waals surface area contributed by atoms with Crippen LogP contribution in [-0.2, 0) is 25.4 Å². The third-order valence-electron chi connectivity index (χ3n) is 3.29. The molecule has 1 amide bonds. The second kappa shape index (κ2) is 4.95. The number of amides is 1. The van der Waals surface area contributed by atoms with Gasteiger partial charge in [0, 0.05) is 34.1 Å². The molecule has 0 fully saturated rings. The molecule has 8 nitrogen and oxygen atoms in total. The topological polar surface area (TPSA) is 90.9 Å². The molecule has 0 radical (unpaired) electrons. The first-order valence-electron chi connectivity index (χ1n) is 6.22. The van der Waals surface area contributed by atoms with E-state index < -0.39 is 5.69 Å². The van der Waals surface area contributed by atoms with Crippen LogP contribution < -0.4 is 16.6 Å². The molecule has 0 aliphatic rings. The van der Waals surface area contributed by atoms with Gasteiger partial charge < -0.3 is 9.88 Å². The molecular formula is C12H17N5O3. The summed E-state index contributed by atoms with van der Waals surface area (Å²) >= 11 is 0. The molecule has 2 heterocycles. The van der Waals surface area contributed by atoms with Crippen LogP contribution in [0.4, 0.5) is 0 Å². The van der Waals surface area contributed by atoms with Gasteiger partial charge >= 0.3 is 5.69 Å². The highest BCUT2D eigenvalue weighted by molar-refractivity contribution is 5.73. The fourth-order valence-corrected chi connectivity index (χ4v) is 2.08. The number of aryl methyl sites for hydroxylation is 2. The highest BCUT2D eigenvalue weighted by atomic mass is 16.2. The smallest absolute Gasteiger partial charge is 0.332 e. The monoisotopic (exact) mass is 279 g/mol. The van der Waals surface area contributed by atoms with Crippen molar-refractivity contribution in [3.8, 4) is 0 Å². The molecule has 2 rings (SSSR count). The average molecular weight is 279 g/mol. The van der Waals surface area contributed by atoms with E-state index in [-0.39, 0.29) is 18.0 Å². The minimum absolute atomic E-state index is 0.170. The zero-order valence-electron chi connectivity index (χ0n) is 11.9. The molecule has 0 saturated heterocycles. The van der Waals surface area contributed by atoms with Gasteiger partial charge in [-0.15, -0.1) is 0 Å². The lowest BCUT2D eigenvalue weighted by Gasteiger charge is -2.09. The summed E-state index contributed by atoms with van der Waals surface area (Å²) in [5.41, 5.74) is -0.0780. The first kappa shape index (κ1) is 14.0. The normalized spacial score (nSPS) is 11.0. The van der Waals surface area contributed by atoms with Crippen molar-refractivity contribution in [3.05, 3.63) is 26.7 Å². The molecule has 0 spiro atoms. The highest BCUT2D eigenvalue weighted by Gasteiger charge is 2.16. The Bertz CT molecular complexity index is 796. The lowest BCUT2D eigenvalue weighted by atomic mass is 10.4. The first-order chi connectivity index (χ1) is 9.34. The first-order valence-corrected chi connectivity index (χ1v) is 6.22. The van der Waals surface area contributed by atoms with Crippen molar-refractivity contribution < 1.29 is 4.79 Å². The predicted octanol–water partition coefficient (Wildman–Crippen LogP) is -1.12. The van der Waals surface area contributed by atoms with Crippen LogP contribution in [-0.4, -0.2) is 31.1 Å². The summed E-state index contributed by atoms with van der Waals surface area (Å²) in [4.78, 5) is 39.5. The molecule has 0 aliphatic heterocycles. The van der Waals surface area contributed by atoms with Crippen LogP contribution in [0.1, 0.15) is 12.7 Å². The summed E-state index contributed by atoms with van der Waals surface area (Å²) in [5.74, 6) is 0.479. The average Bonchev–Trinajstić information content (AvgIpc) is 2.67. The quantitative estimate of drug-likeness (QED) is 0.770. The van der Waals surface area contributed by atoms with Crippen LogP contribution >= 0.6 is 0 Å². The van der Waals surface area contributed by atoms with Gasteiger partial charge in [0.2, 0.25) is 5.91 Å². The van der Waals surface area contributed by atoms with E-state index >= 15 is 0 Å². The largest absolute Gasteiger partial charge is 0.355 e. The van der Waals surface area contributed by atoms with Crippen molar-refractivity contribution in [2.45, 2.75) is 20.4 Å². The van der Waals surface area contributed by atoms with Gasteiger partial charge in [-0.05, 0) is 6.92 Å². The Morgan fingerprint density at radius 1 is 1.25 bits per heavy atom. The molecule has 0 bridgehead atoms. The lowest BCUT2D eigenvalue weighted by Crippen LogP contribution is -2.40. The van der Waals surface area contributed by atoms with Crippen molar-refractivity contribution in [3.63, 3.8) is 0 Å². The van der Waals surface area contributed by atoms with Crippen LogP contribution in [0.15, 0.2) is 9.59 Å². The minimum Gasteiger partial charge on any atom is -0.355 e. The van der Waals surface area contributed by atoms with E-state index in [0.29, 0.717) is 23.5 Å². The fourth-order valence-electron chi connectivity index (χ4n) is 2.08. The number of carbonyl (C=O) groups excluding carboxylic acids is 1. The third-order valence-corrected chi connectivity index (χ3v) is 3.29. The van der Waals surface area contributed by atoms with Crippen LogP contribution in [0.2, 0.25) is 0 Å². The zero-order chi connectivity index (χ0) is 15.0. The third kappa shape index (κ3) is 2.13. The molecule has 0 aromatic carbocycles. The summed E-state index contributed by atoms with van der Waals surface area (Å²) in [6.07, 6.45) is 0. The molecule has 0 atom stereocenters. The summed E-state index contributed by atoms with van der Waals surface area (Å²) in [6, 6.07) is 0. The van der Waals surface area contributed by atoms with Crippen molar-refractivity contribution in [1.29, 1.82) is 0 Å². The number of hydrogen-bond acceptors (Lipinski definition) is 4. The maximum Gasteiger partial charge on any atom is 0.332 e. The van der Waals surface area contributed by atoms with E-state index in [0.717, 1.165) is 4.57 Å². The maximum absolute atomic E-state index is 12.2. The fraction of sp³-hybridized carbons (Fsp3) is 0.500. The van der Waals surface area contributed by atoms with Crippen molar-refractivity contribution in [1.82, 2.24) is 24.0 Å². The summed E-state index contributed by atoms with van der Waals surface area (Å²) < 4.78 is 4.11. The van der Waals surface area contributed by atoms with Gasteiger partial charge in [-0.1, -0.05) is 0 Å². The van der Waals surface area contributed by atoms with Crippen molar-refractivity contribution in [2.75, 3.05) is 6.54 Å². The molecule has 0 saturated carbocycles. The molecular weight excluding hydrogens is 262 g/mol. The van der Waals surface area contributed by atoms with E-state index in [9.17, 15) is 14.4 Å². The standard InChI is InChI=1S/C12H17N5O3/c1-7-14-10-9(15(7)3)11(19)16(4)12(20)17(10)6-5-13-8(2)18/h5-6H2,1-4H3,(H,13,18).